The standard InChI is InChI=1S/C18H15BrN4O3S/c1-12-9-10-20-18(21-12)23-27(25,26)16-7-5-15(6-8-16)22-17(24)13-3-2-4-14(19)11-13/h2-11H,1H3,(H,22,24)(H,20,21,23). The molecular formula is C18H15BrN4O3S. The van der Waals surface area contributed by atoms with Gasteiger partial charge in [0.1, 0.15) is 0 Å². The third-order valence-electron chi connectivity index (χ3n) is 3.53. The Hall–Kier alpha value is -2.78. The molecule has 27 heavy (non-hydrogen) atoms. The van der Waals surface area contributed by atoms with Crippen LogP contribution < -0.4 is 10.0 Å². The summed E-state index contributed by atoms with van der Waals surface area (Å²) in [6, 6.07) is 14.5. The lowest BCUT2D eigenvalue weighted by molar-refractivity contribution is 0.102. The lowest BCUT2D eigenvalue weighted by Gasteiger charge is -2.09. The Kier molecular flexibility index (Phi) is 5.52. The minimum atomic E-state index is -3.83. The molecule has 0 saturated heterocycles. The van der Waals surface area contributed by atoms with Crippen LogP contribution in [0.25, 0.3) is 0 Å². The lowest BCUT2D eigenvalue weighted by Crippen LogP contribution is -2.15. The molecule has 1 aromatic heterocycles. The summed E-state index contributed by atoms with van der Waals surface area (Å²) < 4.78 is 28.0. The van der Waals surface area contributed by atoms with E-state index in [1.165, 1.54) is 30.5 Å². The van der Waals surface area contributed by atoms with Gasteiger partial charge in [0.15, 0.2) is 0 Å². The molecule has 0 saturated carbocycles. The summed E-state index contributed by atoms with van der Waals surface area (Å²) in [5.41, 5.74) is 1.61. The zero-order valence-electron chi connectivity index (χ0n) is 14.2. The van der Waals surface area contributed by atoms with Crippen LogP contribution in [-0.4, -0.2) is 24.3 Å². The van der Waals surface area contributed by atoms with Gasteiger partial charge >= 0.3 is 0 Å². The summed E-state index contributed by atoms with van der Waals surface area (Å²) in [4.78, 5) is 20.2. The number of aryl methyl sites for hydroxylation is 1. The Morgan fingerprint density at radius 3 is 2.48 bits per heavy atom. The Morgan fingerprint density at radius 1 is 1.07 bits per heavy atom. The summed E-state index contributed by atoms with van der Waals surface area (Å²) in [5, 5.41) is 2.72. The summed E-state index contributed by atoms with van der Waals surface area (Å²) >= 11 is 3.31. The van der Waals surface area contributed by atoms with Crippen LogP contribution in [0.15, 0.2) is 70.2 Å². The number of sulfonamides is 1. The molecular weight excluding hydrogens is 432 g/mol. The average molecular weight is 447 g/mol. The summed E-state index contributed by atoms with van der Waals surface area (Å²) in [5.74, 6) is -0.291. The third kappa shape index (κ3) is 4.89. The van der Waals surface area contributed by atoms with Crippen molar-refractivity contribution >= 4 is 43.5 Å². The molecule has 1 heterocycles. The number of nitrogens with zero attached hydrogens (tertiary/aromatic N) is 2. The third-order valence-corrected chi connectivity index (χ3v) is 5.37. The van der Waals surface area contributed by atoms with E-state index >= 15 is 0 Å². The van der Waals surface area contributed by atoms with E-state index in [1.54, 1.807) is 31.2 Å². The molecule has 2 N–H and O–H groups in total. The zero-order chi connectivity index (χ0) is 19.4. The molecule has 0 radical (unpaired) electrons. The Bertz CT molecular complexity index is 1090. The van der Waals surface area contributed by atoms with Gasteiger partial charge in [-0.15, -0.1) is 0 Å². The van der Waals surface area contributed by atoms with Gasteiger partial charge in [-0.2, -0.15) is 0 Å². The molecule has 3 rings (SSSR count). The van der Waals surface area contributed by atoms with Gasteiger partial charge in [-0.1, -0.05) is 22.0 Å². The van der Waals surface area contributed by atoms with Crippen molar-refractivity contribution in [3.05, 3.63) is 76.5 Å². The number of hydrogen-bond donors (Lipinski definition) is 2. The Morgan fingerprint density at radius 2 is 1.81 bits per heavy atom. The highest BCUT2D eigenvalue weighted by Crippen LogP contribution is 2.18. The van der Waals surface area contributed by atoms with Crippen LogP contribution in [0.2, 0.25) is 0 Å². The first-order chi connectivity index (χ1) is 12.8. The van der Waals surface area contributed by atoms with E-state index < -0.39 is 10.0 Å². The number of anilines is 2. The second-order valence-corrected chi connectivity index (χ2v) is 8.21. The SMILES string of the molecule is Cc1ccnc(NS(=O)(=O)c2ccc(NC(=O)c3cccc(Br)c3)cc2)n1. The van der Waals surface area contributed by atoms with Crippen molar-refractivity contribution in [3.63, 3.8) is 0 Å². The van der Waals surface area contributed by atoms with Gasteiger partial charge in [0.2, 0.25) is 5.95 Å². The number of hydrogen-bond acceptors (Lipinski definition) is 5. The zero-order valence-corrected chi connectivity index (χ0v) is 16.6. The van der Waals surface area contributed by atoms with Crippen molar-refractivity contribution < 1.29 is 13.2 Å². The number of nitrogens with one attached hydrogen (secondary N) is 2. The molecule has 0 bridgehead atoms. The van der Waals surface area contributed by atoms with E-state index in [4.69, 9.17) is 0 Å². The van der Waals surface area contributed by atoms with Gasteiger partial charge in [-0.3, -0.25) is 4.79 Å². The highest BCUT2D eigenvalue weighted by atomic mass is 79.9. The van der Waals surface area contributed by atoms with Crippen LogP contribution in [0.5, 0.6) is 0 Å². The molecule has 0 atom stereocenters. The smallest absolute Gasteiger partial charge is 0.264 e. The Balaban J connectivity index is 1.73. The minimum absolute atomic E-state index is 0.00188. The second kappa shape index (κ2) is 7.85. The van der Waals surface area contributed by atoms with Gasteiger partial charge < -0.3 is 5.32 Å². The van der Waals surface area contributed by atoms with E-state index in [9.17, 15) is 13.2 Å². The van der Waals surface area contributed by atoms with Crippen molar-refractivity contribution in [1.82, 2.24) is 9.97 Å². The number of amides is 1. The van der Waals surface area contributed by atoms with E-state index in [2.05, 4.69) is 35.9 Å². The highest BCUT2D eigenvalue weighted by molar-refractivity contribution is 9.10. The number of carbonyl (C=O) groups is 1. The maximum Gasteiger partial charge on any atom is 0.264 e. The summed E-state index contributed by atoms with van der Waals surface area (Å²) in [6.07, 6.45) is 1.47. The molecule has 2 aromatic carbocycles. The molecule has 3 aromatic rings. The van der Waals surface area contributed by atoms with E-state index in [1.807, 2.05) is 6.07 Å². The minimum Gasteiger partial charge on any atom is -0.322 e. The monoisotopic (exact) mass is 446 g/mol. The summed E-state index contributed by atoms with van der Waals surface area (Å²) in [6.45, 7) is 1.74. The normalized spacial score (nSPS) is 11.0. The van der Waals surface area contributed by atoms with E-state index in [0.29, 0.717) is 16.9 Å². The summed E-state index contributed by atoms with van der Waals surface area (Å²) in [7, 11) is -3.83. The topological polar surface area (TPSA) is 101 Å². The van der Waals surface area contributed by atoms with Crippen molar-refractivity contribution in [3.8, 4) is 0 Å². The number of carbonyl (C=O) groups excluding carboxylic acids is 1. The van der Waals surface area contributed by atoms with Gasteiger partial charge in [-0.05, 0) is 55.5 Å². The van der Waals surface area contributed by atoms with Gasteiger partial charge in [0.25, 0.3) is 15.9 Å². The van der Waals surface area contributed by atoms with Crippen molar-refractivity contribution in [1.29, 1.82) is 0 Å². The van der Waals surface area contributed by atoms with Crippen LogP contribution in [0.4, 0.5) is 11.6 Å². The van der Waals surface area contributed by atoms with Crippen molar-refractivity contribution in [2.45, 2.75) is 11.8 Å². The molecule has 0 aliphatic heterocycles. The average Bonchev–Trinajstić information content (AvgIpc) is 2.62. The number of rotatable bonds is 5. The highest BCUT2D eigenvalue weighted by Gasteiger charge is 2.16. The predicted molar refractivity (Wildman–Crippen MR) is 106 cm³/mol. The number of benzene rings is 2. The molecule has 7 nitrogen and oxygen atoms in total. The van der Waals surface area contributed by atoms with Crippen LogP contribution in [0, 0.1) is 6.92 Å². The molecule has 0 unspecified atom stereocenters. The van der Waals surface area contributed by atoms with Gasteiger partial charge in [0, 0.05) is 27.6 Å². The molecule has 0 fully saturated rings. The number of aromatic nitrogens is 2. The van der Waals surface area contributed by atoms with Gasteiger partial charge in [-0.25, -0.2) is 23.1 Å². The predicted octanol–water partition coefficient (Wildman–Crippen LogP) is 3.60. The first-order valence-electron chi connectivity index (χ1n) is 7.83. The molecule has 9 heteroatoms. The largest absolute Gasteiger partial charge is 0.322 e. The van der Waals surface area contributed by atoms with Crippen LogP contribution in [0.1, 0.15) is 16.1 Å². The maximum atomic E-state index is 12.4. The van der Waals surface area contributed by atoms with Crippen molar-refractivity contribution in [2.24, 2.45) is 0 Å². The second-order valence-electron chi connectivity index (χ2n) is 5.62. The fourth-order valence-electron chi connectivity index (χ4n) is 2.23. The molecule has 0 spiro atoms. The van der Waals surface area contributed by atoms with Crippen molar-refractivity contribution in [2.75, 3.05) is 10.0 Å². The number of halogens is 1. The van der Waals surface area contributed by atoms with Crippen LogP contribution in [0.3, 0.4) is 0 Å². The maximum absolute atomic E-state index is 12.4. The first-order valence-corrected chi connectivity index (χ1v) is 10.1. The van der Waals surface area contributed by atoms with Gasteiger partial charge in [0.05, 0.1) is 4.90 Å². The van der Waals surface area contributed by atoms with E-state index in [0.717, 1.165) is 4.47 Å². The molecule has 0 aliphatic carbocycles. The molecule has 138 valence electrons. The van der Waals surface area contributed by atoms with Crippen LogP contribution >= 0.6 is 15.9 Å². The molecule has 1 amide bonds. The first kappa shape index (κ1) is 19.0. The van der Waals surface area contributed by atoms with Crippen LogP contribution in [-0.2, 0) is 10.0 Å². The lowest BCUT2D eigenvalue weighted by atomic mass is 10.2. The Labute approximate surface area is 165 Å². The quantitative estimate of drug-likeness (QED) is 0.623. The molecule has 0 aliphatic rings. The fraction of sp³-hybridized carbons (Fsp3) is 0.0556. The fourth-order valence-corrected chi connectivity index (χ4v) is 3.58. The van der Waals surface area contributed by atoms with E-state index in [-0.39, 0.29) is 16.8 Å².